The highest BCUT2D eigenvalue weighted by molar-refractivity contribution is 5.69. The van der Waals surface area contributed by atoms with E-state index in [1.54, 1.807) is 7.11 Å². The number of rotatable bonds is 3. The number of methoxy groups -OCH3 is 1. The van der Waals surface area contributed by atoms with Crippen molar-refractivity contribution < 1.29 is 14.6 Å². The van der Waals surface area contributed by atoms with Crippen LogP contribution in [-0.2, 0) is 17.8 Å². The van der Waals surface area contributed by atoms with Crippen LogP contribution in [0.5, 0.6) is 5.75 Å². The van der Waals surface area contributed by atoms with E-state index in [0.29, 0.717) is 6.54 Å². The smallest absolute Gasteiger partial charge is 0.317 e. The summed E-state index contributed by atoms with van der Waals surface area (Å²) in [6, 6.07) is 5.93. The van der Waals surface area contributed by atoms with E-state index in [4.69, 9.17) is 9.84 Å². The van der Waals surface area contributed by atoms with Crippen molar-refractivity contribution in [2.75, 3.05) is 20.2 Å². The first kappa shape index (κ1) is 11.0. The fourth-order valence-corrected chi connectivity index (χ4v) is 2.15. The third-order valence-corrected chi connectivity index (χ3v) is 2.88. The number of hydrogen-bond acceptors (Lipinski definition) is 3. The number of nitrogens with zero attached hydrogens (tertiary/aromatic N) is 1. The molecule has 0 aliphatic carbocycles. The van der Waals surface area contributed by atoms with E-state index in [1.165, 1.54) is 11.1 Å². The van der Waals surface area contributed by atoms with Crippen molar-refractivity contribution >= 4 is 5.97 Å². The highest BCUT2D eigenvalue weighted by Gasteiger charge is 2.20. The second-order valence-electron chi connectivity index (χ2n) is 3.95. The van der Waals surface area contributed by atoms with Gasteiger partial charge in [-0.3, -0.25) is 9.69 Å². The Bertz CT molecular complexity index is 403. The number of carboxylic acids is 1. The van der Waals surface area contributed by atoms with Crippen LogP contribution in [0.15, 0.2) is 18.2 Å². The first-order valence-corrected chi connectivity index (χ1v) is 5.29. The van der Waals surface area contributed by atoms with E-state index >= 15 is 0 Å². The number of benzene rings is 1. The van der Waals surface area contributed by atoms with Crippen LogP contribution >= 0.6 is 0 Å². The van der Waals surface area contributed by atoms with Gasteiger partial charge in [0.25, 0.3) is 0 Å². The molecule has 0 saturated heterocycles. The predicted molar refractivity (Wildman–Crippen MR) is 59.6 cm³/mol. The van der Waals surface area contributed by atoms with Gasteiger partial charge in [-0.2, -0.15) is 0 Å². The molecule has 2 rings (SSSR count). The Morgan fingerprint density at radius 2 is 2.38 bits per heavy atom. The maximum Gasteiger partial charge on any atom is 0.317 e. The lowest BCUT2D eigenvalue weighted by Crippen LogP contribution is -2.34. The summed E-state index contributed by atoms with van der Waals surface area (Å²) >= 11 is 0. The van der Waals surface area contributed by atoms with E-state index in [-0.39, 0.29) is 6.54 Å². The molecule has 4 heteroatoms. The highest BCUT2D eigenvalue weighted by Crippen LogP contribution is 2.27. The van der Waals surface area contributed by atoms with Gasteiger partial charge in [-0.1, -0.05) is 12.1 Å². The third kappa shape index (κ3) is 2.17. The van der Waals surface area contributed by atoms with Gasteiger partial charge < -0.3 is 9.84 Å². The molecular weight excluding hydrogens is 206 g/mol. The Kier molecular flexibility index (Phi) is 3.10. The fraction of sp³-hybridized carbons (Fsp3) is 0.417. The number of fused-ring (bicyclic) bond motifs is 1. The molecule has 1 aliphatic heterocycles. The standard InChI is InChI=1S/C12H15NO3/c1-16-11-4-2-3-9-7-13(8-12(14)15)6-5-10(9)11/h2-4H,5-8H2,1H3,(H,14,15). The van der Waals surface area contributed by atoms with Crippen LogP contribution in [0.1, 0.15) is 11.1 Å². The largest absolute Gasteiger partial charge is 0.496 e. The second kappa shape index (κ2) is 4.53. The summed E-state index contributed by atoms with van der Waals surface area (Å²) in [5, 5.41) is 8.75. The van der Waals surface area contributed by atoms with Crippen molar-refractivity contribution in [2.24, 2.45) is 0 Å². The van der Waals surface area contributed by atoms with Crippen LogP contribution in [0, 0.1) is 0 Å². The molecule has 0 fully saturated rings. The van der Waals surface area contributed by atoms with E-state index in [1.807, 2.05) is 23.1 Å². The number of carbonyl (C=O) groups is 1. The summed E-state index contributed by atoms with van der Waals surface area (Å²) in [5.74, 6) is 0.138. The minimum absolute atomic E-state index is 0.108. The van der Waals surface area contributed by atoms with Crippen molar-refractivity contribution in [1.82, 2.24) is 4.90 Å². The van der Waals surface area contributed by atoms with Crippen LogP contribution in [0.3, 0.4) is 0 Å². The average molecular weight is 221 g/mol. The van der Waals surface area contributed by atoms with Crippen LogP contribution < -0.4 is 4.74 Å². The first-order chi connectivity index (χ1) is 7.70. The molecule has 0 bridgehead atoms. The van der Waals surface area contributed by atoms with Gasteiger partial charge in [0, 0.05) is 13.1 Å². The molecule has 1 aromatic carbocycles. The summed E-state index contributed by atoms with van der Waals surface area (Å²) in [7, 11) is 1.67. The zero-order valence-corrected chi connectivity index (χ0v) is 9.27. The molecule has 1 N–H and O–H groups in total. The van der Waals surface area contributed by atoms with Crippen molar-refractivity contribution in [2.45, 2.75) is 13.0 Å². The van der Waals surface area contributed by atoms with Gasteiger partial charge in [0.1, 0.15) is 5.75 Å². The Hall–Kier alpha value is -1.55. The van der Waals surface area contributed by atoms with Gasteiger partial charge in [0.2, 0.25) is 0 Å². The number of hydrogen-bond donors (Lipinski definition) is 1. The summed E-state index contributed by atoms with van der Waals surface area (Å²) < 4.78 is 5.29. The zero-order chi connectivity index (χ0) is 11.5. The monoisotopic (exact) mass is 221 g/mol. The summed E-state index contributed by atoms with van der Waals surface area (Å²) in [4.78, 5) is 12.6. The average Bonchev–Trinajstić information content (AvgIpc) is 2.27. The van der Waals surface area contributed by atoms with Gasteiger partial charge in [0.05, 0.1) is 13.7 Å². The van der Waals surface area contributed by atoms with E-state index < -0.39 is 5.97 Å². The molecule has 1 aliphatic rings. The molecule has 0 spiro atoms. The van der Waals surface area contributed by atoms with Crippen molar-refractivity contribution in [3.63, 3.8) is 0 Å². The SMILES string of the molecule is COc1cccc2c1CCN(CC(=O)O)C2. The quantitative estimate of drug-likeness (QED) is 0.831. The van der Waals surface area contributed by atoms with Gasteiger partial charge >= 0.3 is 5.97 Å². The molecule has 0 saturated carbocycles. The van der Waals surface area contributed by atoms with Gasteiger partial charge in [-0.05, 0) is 23.6 Å². The molecule has 0 aromatic heterocycles. The van der Waals surface area contributed by atoms with E-state index in [2.05, 4.69) is 0 Å². The molecule has 1 aromatic rings. The second-order valence-corrected chi connectivity index (χ2v) is 3.95. The molecule has 0 radical (unpaired) electrons. The lowest BCUT2D eigenvalue weighted by atomic mass is 9.99. The topological polar surface area (TPSA) is 49.8 Å². The third-order valence-electron chi connectivity index (χ3n) is 2.88. The Morgan fingerprint density at radius 1 is 1.56 bits per heavy atom. The van der Waals surface area contributed by atoms with Crippen LogP contribution in [-0.4, -0.2) is 36.2 Å². The van der Waals surface area contributed by atoms with Crippen LogP contribution in [0.4, 0.5) is 0 Å². The minimum Gasteiger partial charge on any atom is -0.496 e. The van der Waals surface area contributed by atoms with Gasteiger partial charge in [-0.25, -0.2) is 0 Å². The van der Waals surface area contributed by atoms with E-state index in [0.717, 1.165) is 18.7 Å². The molecule has 0 unspecified atom stereocenters. The Morgan fingerprint density at radius 3 is 3.06 bits per heavy atom. The molecule has 0 atom stereocenters. The zero-order valence-electron chi connectivity index (χ0n) is 9.27. The Balaban J connectivity index is 2.18. The summed E-state index contributed by atoms with van der Waals surface area (Å²) in [5.41, 5.74) is 2.39. The minimum atomic E-state index is -0.772. The molecule has 0 amide bonds. The number of aliphatic carboxylic acids is 1. The molecular formula is C12H15NO3. The van der Waals surface area contributed by atoms with Gasteiger partial charge in [0.15, 0.2) is 0 Å². The lowest BCUT2D eigenvalue weighted by Gasteiger charge is -2.28. The first-order valence-electron chi connectivity index (χ1n) is 5.29. The molecule has 86 valence electrons. The molecule has 16 heavy (non-hydrogen) atoms. The van der Waals surface area contributed by atoms with Gasteiger partial charge in [-0.15, -0.1) is 0 Å². The predicted octanol–water partition coefficient (Wildman–Crippen LogP) is 1.14. The maximum absolute atomic E-state index is 10.6. The van der Waals surface area contributed by atoms with Crippen LogP contribution in [0.25, 0.3) is 0 Å². The van der Waals surface area contributed by atoms with Crippen molar-refractivity contribution in [3.8, 4) is 5.75 Å². The highest BCUT2D eigenvalue weighted by atomic mass is 16.5. The normalized spacial score (nSPS) is 15.6. The van der Waals surface area contributed by atoms with Crippen molar-refractivity contribution in [1.29, 1.82) is 0 Å². The molecule has 1 heterocycles. The number of ether oxygens (including phenoxy) is 1. The lowest BCUT2D eigenvalue weighted by molar-refractivity contribution is -0.138. The summed E-state index contributed by atoms with van der Waals surface area (Å²) in [6.45, 7) is 1.58. The number of carboxylic acid groups (broad SMARTS) is 1. The van der Waals surface area contributed by atoms with E-state index in [9.17, 15) is 4.79 Å². The van der Waals surface area contributed by atoms with Crippen LogP contribution in [0.2, 0.25) is 0 Å². The van der Waals surface area contributed by atoms with Crippen molar-refractivity contribution in [3.05, 3.63) is 29.3 Å². The Labute approximate surface area is 94.4 Å². The maximum atomic E-state index is 10.6. The fourth-order valence-electron chi connectivity index (χ4n) is 2.15. The molecule has 4 nitrogen and oxygen atoms in total. The summed E-state index contributed by atoms with van der Waals surface area (Å²) in [6.07, 6.45) is 0.854.